The third-order valence-corrected chi connectivity index (χ3v) is 5.89. The van der Waals surface area contributed by atoms with Gasteiger partial charge in [0.25, 0.3) is 11.8 Å². The average molecular weight is 496 g/mol. The Hall–Kier alpha value is -3.81. The number of nitrogens with one attached hydrogen (secondary N) is 2. The van der Waals surface area contributed by atoms with E-state index < -0.39 is 11.8 Å². The zero-order chi connectivity index (χ0) is 24.4. The molecule has 0 atom stereocenters. The van der Waals surface area contributed by atoms with E-state index in [0.717, 1.165) is 0 Å². The molecule has 7 nitrogen and oxygen atoms in total. The van der Waals surface area contributed by atoms with E-state index in [4.69, 9.17) is 33.4 Å². The quantitative estimate of drug-likeness (QED) is 0.323. The fourth-order valence-corrected chi connectivity index (χ4v) is 4.24. The molecule has 0 bridgehead atoms. The summed E-state index contributed by atoms with van der Waals surface area (Å²) in [6.45, 7) is 1.73. The smallest absolute Gasteiger partial charge is 0.258 e. The lowest BCUT2D eigenvalue weighted by atomic mass is 10.1. The third kappa shape index (κ3) is 4.62. The molecule has 4 aromatic rings. The molecule has 0 aliphatic rings. The number of rotatable bonds is 6. The summed E-state index contributed by atoms with van der Waals surface area (Å²) in [6, 6.07) is 16.5. The van der Waals surface area contributed by atoms with Gasteiger partial charge in [0.15, 0.2) is 5.58 Å². The molecule has 0 unspecified atom stereocenters. The lowest BCUT2D eigenvalue weighted by molar-refractivity contribution is -0.115. The number of halogens is 2. The van der Waals surface area contributed by atoms with Gasteiger partial charge < -0.3 is 20.8 Å². The van der Waals surface area contributed by atoms with Gasteiger partial charge in [-0.1, -0.05) is 53.5 Å². The topological polar surface area (TPSA) is 114 Å². The van der Waals surface area contributed by atoms with Crippen molar-refractivity contribution in [1.82, 2.24) is 0 Å². The number of benzene rings is 3. The number of hydrogen-bond donors (Lipinski definition) is 3. The molecule has 3 aromatic carbocycles. The van der Waals surface area contributed by atoms with Crippen LogP contribution in [0.15, 0.2) is 65.1 Å². The Morgan fingerprint density at radius 1 is 0.882 bits per heavy atom. The average Bonchev–Trinajstić information content (AvgIpc) is 3.10. The molecular weight excluding hydrogens is 477 g/mol. The summed E-state index contributed by atoms with van der Waals surface area (Å²) in [5.74, 6) is -0.957. The SMILES string of the molecule is Cc1oc2c(NC(=O)c3c(Cl)cccc3Cl)cccc2c1CC(=O)Nc1ccccc1C(N)=O. The molecule has 9 heteroatoms. The van der Waals surface area contributed by atoms with Gasteiger partial charge in [0.1, 0.15) is 5.76 Å². The summed E-state index contributed by atoms with van der Waals surface area (Å²) in [4.78, 5) is 37.2. The van der Waals surface area contributed by atoms with Gasteiger partial charge in [-0.15, -0.1) is 0 Å². The highest BCUT2D eigenvalue weighted by atomic mass is 35.5. The highest BCUT2D eigenvalue weighted by molar-refractivity contribution is 6.40. The minimum Gasteiger partial charge on any atom is -0.459 e. The molecule has 0 aliphatic heterocycles. The molecule has 0 spiro atoms. The molecule has 1 aromatic heterocycles. The van der Waals surface area contributed by atoms with Crippen molar-refractivity contribution in [2.45, 2.75) is 13.3 Å². The first-order valence-corrected chi connectivity index (χ1v) is 11.0. The molecule has 0 saturated heterocycles. The summed E-state index contributed by atoms with van der Waals surface area (Å²) in [7, 11) is 0. The van der Waals surface area contributed by atoms with Crippen LogP contribution in [0.5, 0.6) is 0 Å². The monoisotopic (exact) mass is 495 g/mol. The number of amides is 3. The number of anilines is 2. The lowest BCUT2D eigenvalue weighted by Crippen LogP contribution is -2.19. The van der Waals surface area contributed by atoms with Crippen molar-refractivity contribution < 1.29 is 18.8 Å². The van der Waals surface area contributed by atoms with Gasteiger partial charge in [-0.25, -0.2) is 0 Å². The molecule has 172 valence electrons. The summed E-state index contributed by atoms with van der Waals surface area (Å²) in [6.07, 6.45) is -0.0142. The molecule has 0 radical (unpaired) electrons. The van der Waals surface area contributed by atoms with E-state index in [1.165, 1.54) is 6.07 Å². The Morgan fingerprint density at radius 2 is 1.53 bits per heavy atom. The van der Waals surface area contributed by atoms with Crippen molar-refractivity contribution in [2.75, 3.05) is 10.6 Å². The standard InChI is InChI=1S/C25H19Cl2N3O4/c1-13-16(12-21(31)29-19-10-3-2-6-15(19)24(28)32)14-7-4-11-20(23(14)34-13)30-25(33)22-17(26)8-5-9-18(22)27/h2-11H,12H2,1H3,(H2,28,32)(H,29,31)(H,30,33). The van der Waals surface area contributed by atoms with Crippen LogP contribution in [0, 0.1) is 6.92 Å². The van der Waals surface area contributed by atoms with E-state index in [9.17, 15) is 14.4 Å². The lowest BCUT2D eigenvalue weighted by Gasteiger charge is -2.09. The largest absolute Gasteiger partial charge is 0.459 e. The van der Waals surface area contributed by atoms with Crippen LogP contribution >= 0.6 is 23.2 Å². The summed E-state index contributed by atoms with van der Waals surface area (Å²) in [5.41, 5.74) is 7.55. The Labute approximate surface area is 204 Å². The van der Waals surface area contributed by atoms with Gasteiger partial charge in [0.2, 0.25) is 5.91 Å². The maximum Gasteiger partial charge on any atom is 0.258 e. The highest BCUT2D eigenvalue weighted by Gasteiger charge is 2.20. The van der Waals surface area contributed by atoms with Crippen molar-refractivity contribution in [3.05, 3.63) is 93.2 Å². The molecule has 4 rings (SSSR count). The van der Waals surface area contributed by atoms with Crippen molar-refractivity contribution in [1.29, 1.82) is 0 Å². The molecule has 34 heavy (non-hydrogen) atoms. The number of fused-ring (bicyclic) bond motifs is 1. The van der Waals surface area contributed by atoms with Crippen LogP contribution in [-0.2, 0) is 11.2 Å². The molecule has 0 saturated carbocycles. The molecule has 0 fully saturated rings. The molecule has 4 N–H and O–H groups in total. The fourth-order valence-electron chi connectivity index (χ4n) is 3.67. The van der Waals surface area contributed by atoms with E-state index >= 15 is 0 Å². The highest BCUT2D eigenvalue weighted by Crippen LogP contribution is 2.33. The summed E-state index contributed by atoms with van der Waals surface area (Å²) < 4.78 is 5.91. The second-order valence-electron chi connectivity index (χ2n) is 7.50. The van der Waals surface area contributed by atoms with Crippen LogP contribution in [0.4, 0.5) is 11.4 Å². The number of carbonyl (C=O) groups excluding carboxylic acids is 3. The summed E-state index contributed by atoms with van der Waals surface area (Å²) >= 11 is 12.3. The van der Waals surface area contributed by atoms with Crippen LogP contribution in [-0.4, -0.2) is 17.7 Å². The minimum atomic E-state index is -0.639. The van der Waals surface area contributed by atoms with Crippen LogP contribution in [0.2, 0.25) is 10.0 Å². The Morgan fingerprint density at radius 3 is 2.24 bits per heavy atom. The minimum absolute atomic E-state index is 0.0142. The molecule has 3 amide bonds. The van der Waals surface area contributed by atoms with Crippen LogP contribution in [0.1, 0.15) is 32.0 Å². The van der Waals surface area contributed by atoms with E-state index in [2.05, 4.69) is 10.6 Å². The van der Waals surface area contributed by atoms with E-state index in [1.807, 2.05) is 0 Å². The van der Waals surface area contributed by atoms with E-state index in [1.54, 1.807) is 61.5 Å². The predicted molar refractivity (Wildman–Crippen MR) is 133 cm³/mol. The van der Waals surface area contributed by atoms with Crippen LogP contribution in [0.3, 0.4) is 0 Å². The number of primary amides is 1. The normalized spacial score (nSPS) is 10.8. The van der Waals surface area contributed by atoms with E-state index in [0.29, 0.717) is 33.7 Å². The number of nitrogens with two attached hydrogens (primary N) is 1. The zero-order valence-corrected chi connectivity index (χ0v) is 19.5. The predicted octanol–water partition coefficient (Wildman–Crippen LogP) is 5.58. The van der Waals surface area contributed by atoms with Crippen LogP contribution < -0.4 is 16.4 Å². The van der Waals surface area contributed by atoms with Gasteiger partial charge in [-0.3, -0.25) is 14.4 Å². The van der Waals surface area contributed by atoms with Crippen LogP contribution in [0.25, 0.3) is 11.0 Å². The molecular formula is C25H19Cl2N3O4. The van der Waals surface area contributed by atoms with Crippen molar-refractivity contribution >= 4 is 63.3 Å². The molecule has 1 heterocycles. The van der Waals surface area contributed by atoms with Crippen molar-refractivity contribution in [3.63, 3.8) is 0 Å². The number of furan rings is 1. The van der Waals surface area contributed by atoms with E-state index in [-0.39, 0.29) is 33.5 Å². The number of aryl methyl sites for hydroxylation is 1. The third-order valence-electron chi connectivity index (χ3n) is 5.26. The molecule has 0 aliphatic carbocycles. The summed E-state index contributed by atoms with van der Waals surface area (Å²) in [5, 5.41) is 6.62. The first-order chi connectivity index (χ1) is 16.3. The number of carbonyl (C=O) groups is 3. The number of hydrogen-bond acceptors (Lipinski definition) is 4. The Balaban J connectivity index is 1.61. The second-order valence-corrected chi connectivity index (χ2v) is 8.32. The van der Waals surface area contributed by atoms with Gasteiger partial charge in [0, 0.05) is 10.9 Å². The first kappa shape index (κ1) is 23.4. The van der Waals surface area contributed by atoms with Gasteiger partial charge in [-0.05, 0) is 37.3 Å². The number of para-hydroxylation sites is 2. The van der Waals surface area contributed by atoms with Crippen molar-refractivity contribution in [3.8, 4) is 0 Å². The zero-order valence-electron chi connectivity index (χ0n) is 17.9. The Kier molecular flexibility index (Phi) is 6.58. The van der Waals surface area contributed by atoms with Crippen molar-refractivity contribution in [2.24, 2.45) is 5.73 Å². The maximum absolute atomic E-state index is 12.8. The maximum atomic E-state index is 12.8. The second kappa shape index (κ2) is 9.59. The van der Waals surface area contributed by atoms with Gasteiger partial charge in [0.05, 0.1) is 39.0 Å². The van der Waals surface area contributed by atoms with Gasteiger partial charge in [-0.2, -0.15) is 0 Å². The Bertz CT molecular complexity index is 1430. The van der Waals surface area contributed by atoms with Gasteiger partial charge >= 0.3 is 0 Å². The fraction of sp³-hybridized carbons (Fsp3) is 0.0800. The first-order valence-electron chi connectivity index (χ1n) is 10.2.